The monoisotopic (exact) mass is 855 g/mol. The molecule has 6 heterocycles. The highest BCUT2D eigenvalue weighted by Crippen LogP contribution is 2.43. The van der Waals surface area contributed by atoms with E-state index in [4.69, 9.17) is 19.4 Å². The highest BCUT2D eigenvalue weighted by molar-refractivity contribution is 7.10. The van der Waals surface area contributed by atoms with E-state index in [0.717, 1.165) is 101 Å². The first-order valence-corrected chi connectivity index (χ1v) is 23.5. The van der Waals surface area contributed by atoms with Crippen molar-refractivity contribution in [2.75, 3.05) is 51.3 Å². The summed E-state index contributed by atoms with van der Waals surface area (Å²) >= 11 is 1.50. The van der Waals surface area contributed by atoms with Crippen molar-refractivity contribution in [2.45, 2.75) is 125 Å². The molecule has 1 saturated carbocycles. The SMILES string of the molecule is CC.CCn1c(-c2cc(N3CC[NH+](C(C)C)CC3)cnc2C(C)OC)c2c3cc(ccc31)-c1csc(n1)CC(NC(=O)C1CC1)C(=O)N1CCCC(N1)C(=O)OCC(C)(C)C2. The van der Waals surface area contributed by atoms with E-state index < -0.39 is 17.5 Å². The Kier molecular flexibility index (Phi) is 13.9. The smallest absolute Gasteiger partial charge is 0.324 e. The number of fused-ring (bicyclic) bond motifs is 6. The molecule has 0 spiro atoms. The Morgan fingerprint density at radius 1 is 1.10 bits per heavy atom. The largest absolute Gasteiger partial charge is 0.464 e. The number of aromatic nitrogens is 3. The third-order valence-corrected chi connectivity index (χ3v) is 13.6. The molecular formula is C47H67N8O5S+. The number of methoxy groups -OCH3 is 1. The van der Waals surface area contributed by atoms with E-state index in [0.29, 0.717) is 31.8 Å². The molecule has 1 aromatic carbocycles. The van der Waals surface area contributed by atoms with Crippen LogP contribution in [0.4, 0.5) is 5.69 Å². The average Bonchev–Trinajstić information content (AvgIpc) is 3.96. The van der Waals surface area contributed by atoms with E-state index in [2.05, 4.69) is 86.0 Å². The first kappa shape index (κ1) is 44.7. The topological polar surface area (TPSA) is 135 Å². The zero-order valence-electron chi connectivity index (χ0n) is 37.7. The predicted molar refractivity (Wildman–Crippen MR) is 241 cm³/mol. The Morgan fingerprint density at radius 2 is 1.85 bits per heavy atom. The van der Waals surface area contributed by atoms with Crippen LogP contribution in [-0.2, 0) is 43.2 Å². The van der Waals surface area contributed by atoms with Crippen molar-refractivity contribution in [1.82, 2.24) is 30.3 Å². The molecule has 4 aliphatic rings. The van der Waals surface area contributed by atoms with E-state index >= 15 is 0 Å². The fourth-order valence-electron chi connectivity index (χ4n) is 9.04. The van der Waals surface area contributed by atoms with Crippen molar-refractivity contribution >= 4 is 45.7 Å². The van der Waals surface area contributed by atoms with Gasteiger partial charge < -0.3 is 29.2 Å². The number of nitrogens with zero attached hydrogens (tertiary/aromatic N) is 5. The number of nitrogens with one attached hydrogen (secondary N) is 3. The van der Waals surface area contributed by atoms with Crippen molar-refractivity contribution in [3.8, 4) is 22.5 Å². The Hall–Kier alpha value is -4.37. The average molecular weight is 856 g/mol. The summed E-state index contributed by atoms with van der Waals surface area (Å²) in [5, 5.41) is 8.45. The maximum atomic E-state index is 14.1. The number of carbonyl (C=O) groups is 3. The molecule has 2 saturated heterocycles. The molecule has 61 heavy (non-hydrogen) atoms. The van der Waals surface area contributed by atoms with Crippen LogP contribution in [0.1, 0.15) is 103 Å². The number of amides is 2. The number of ether oxygens (including phenoxy) is 2. The first-order valence-electron chi connectivity index (χ1n) is 22.6. The molecule has 1 aliphatic carbocycles. The van der Waals surface area contributed by atoms with E-state index in [9.17, 15) is 14.4 Å². The van der Waals surface area contributed by atoms with Gasteiger partial charge in [-0.25, -0.2) is 10.4 Å². The summed E-state index contributed by atoms with van der Waals surface area (Å²) in [7, 11) is 1.73. The molecular weight excluding hydrogens is 789 g/mol. The van der Waals surface area contributed by atoms with Crippen LogP contribution in [0.3, 0.4) is 0 Å². The van der Waals surface area contributed by atoms with Gasteiger partial charge in [-0.15, -0.1) is 11.3 Å². The zero-order valence-corrected chi connectivity index (χ0v) is 38.5. The lowest BCUT2D eigenvalue weighted by Gasteiger charge is -2.36. The number of hydrogen-bond acceptors (Lipinski definition) is 10. The second kappa shape index (κ2) is 18.9. The van der Waals surface area contributed by atoms with Gasteiger partial charge in [0.1, 0.15) is 12.1 Å². The second-order valence-corrected chi connectivity index (χ2v) is 19.0. The van der Waals surface area contributed by atoms with Gasteiger partial charge in [0.05, 0.1) is 78.9 Å². The molecule has 13 nitrogen and oxygen atoms in total. The number of pyridine rings is 1. The maximum Gasteiger partial charge on any atom is 0.324 e. The number of hydrazine groups is 1. The summed E-state index contributed by atoms with van der Waals surface area (Å²) in [6.45, 7) is 22.6. The molecule has 330 valence electrons. The van der Waals surface area contributed by atoms with E-state index in [1.165, 1.54) is 16.3 Å². The highest BCUT2D eigenvalue weighted by Gasteiger charge is 2.38. The summed E-state index contributed by atoms with van der Waals surface area (Å²) in [6.07, 6.45) is 5.49. The lowest BCUT2D eigenvalue weighted by Crippen LogP contribution is -3.17. The van der Waals surface area contributed by atoms with Crippen LogP contribution in [0.2, 0.25) is 0 Å². The van der Waals surface area contributed by atoms with E-state index in [-0.39, 0.29) is 42.8 Å². The number of rotatable bonds is 8. The van der Waals surface area contributed by atoms with Crippen molar-refractivity contribution in [3.63, 3.8) is 0 Å². The van der Waals surface area contributed by atoms with Gasteiger partial charge in [0.15, 0.2) is 0 Å². The van der Waals surface area contributed by atoms with E-state index in [1.807, 2.05) is 25.4 Å². The van der Waals surface area contributed by atoms with Crippen LogP contribution >= 0.6 is 11.3 Å². The van der Waals surface area contributed by atoms with Crippen molar-refractivity contribution in [3.05, 3.63) is 52.1 Å². The van der Waals surface area contributed by atoms with Gasteiger partial charge in [-0.3, -0.25) is 24.4 Å². The van der Waals surface area contributed by atoms with Crippen molar-refractivity contribution < 1.29 is 28.8 Å². The zero-order chi connectivity index (χ0) is 43.6. The molecule has 6 bridgehead atoms. The Labute approximate surface area is 365 Å². The van der Waals surface area contributed by atoms with Gasteiger partial charge in [-0.1, -0.05) is 33.8 Å². The molecule has 3 aromatic heterocycles. The summed E-state index contributed by atoms with van der Waals surface area (Å²) in [5.41, 5.74) is 10.9. The van der Waals surface area contributed by atoms with Crippen LogP contribution in [0.25, 0.3) is 33.4 Å². The molecule has 3 N–H and O–H groups in total. The predicted octanol–water partition coefficient (Wildman–Crippen LogP) is 5.75. The third-order valence-electron chi connectivity index (χ3n) is 12.8. The van der Waals surface area contributed by atoms with Gasteiger partial charge in [-0.2, -0.15) is 0 Å². The van der Waals surface area contributed by atoms with Gasteiger partial charge in [0, 0.05) is 65.4 Å². The number of carbonyl (C=O) groups excluding carboxylic acids is 3. The molecule has 3 unspecified atom stereocenters. The number of hydrogen-bond donors (Lipinski definition) is 3. The molecule has 3 fully saturated rings. The fourth-order valence-corrected chi connectivity index (χ4v) is 9.89. The van der Waals surface area contributed by atoms with Crippen LogP contribution in [0, 0.1) is 11.3 Å². The quantitative estimate of drug-likeness (QED) is 0.190. The minimum atomic E-state index is -0.814. The van der Waals surface area contributed by atoms with Crippen LogP contribution in [0.15, 0.2) is 35.8 Å². The van der Waals surface area contributed by atoms with E-state index in [1.54, 1.807) is 12.0 Å². The summed E-state index contributed by atoms with van der Waals surface area (Å²) in [5.74, 6) is -0.817. The number of cyclic esters (lactones) is 1. The Balaban J connectivity index is 0.00000277. The first-order chi connectivity index (χ1) is 29.3. The summed E-state index contributed by atoms with van der Waals surface area (Å²) in [4.78, 5) is 55.2. The van der Waals surface area contributed by atoms with Crippen LogP contribution in [0.5, 0.6) is 0 Å². The standard InChI is InChI=1S/C45H60N8O5S.C2H6/c1-8-52-38-14-13-30-20-32(38)34(41(52)33-21-31(24-46-40(33)28(4)57-7)51-18-16-50(17-19-51)27(2)3)23-45(5,6)26-58-44(56)35-10-9-15-53(49-35)43(55)36(48-42(54)29-11-12-29)22-39-47-37(30)25-59-39;1-2/h13-14,20-21,24-25,27-29,35-36,49H,8-12,15-19,22-23,26H2,1-7H3,(H,48,54);1-2H3/p+1. The number of esters is 1. The number of quaternary nitrogens is 1. The van der Waals surface area contributed by atoms with Crippen LogP contribution < -0.4 is 20.5 Å². The number of benzene rings is 1. The maximum absolute atomic E-state index is 14.1. The number of piperazine rings is 1. The molecule has 0 radical (unpaired) electrons. The van der Waals surface area contributed by atoms with Gasteiger partial charge in [-0.05, 0) is 83.6 Å². The number of anilines is 1. The molecule has 2 amide bonds. The molecule has 4 aromatic rings. The molecule has 8 rings (SSSR count). The lowest BCUT2D eigenvalue weighted by molar-refractivity contribution is -0.921. The minimum Gasteiger partial charge on any atom is -0.464 e. The highest BCUT2D eigenvalue weighted by atomic mass is 32.1. The number of thiazole rings is 1. The summed E-state index contributed by atoms with van der Waals surface area (Å²) < 4.78 is 14.5. The summed E-state index contributed by atoms with van der Waals surface area (Å²) in [6, 6.07) is 7.99. The third kappa shape index (κ3) is 9.67. The van der Waals surface area contributed by atoms with Gasteiger partial charge >= 0.3 is 5.97 Å². The minimum absolute atomic E-state index is 0.0577. The molecule has 14 heteroatoms. The molecule has 3 atom stereocenters. The second-order valence-electron chi connectivity index (χ2n) is 18.0. The van der Waals surface area contributed by atoms with Crippen LogP contribution in [-0.4, -0.2) is 102 Å². The fraction of sp³-hybridized carbons (Fsp3) is 0.596. The Morgan fingerprint density at radius 3 is 2.54 bits per heavy atom. The van der Waals surface area contributed by atoms with Gasteiger partial charge in [0.2, 0.25) is 5.91 Å². The van der Waals surface area contributed by atoms with Gasteiger partial charge in [0.25, 0.3) is 5.91 Å². The number of aryl methyl sites for hydroxylation is 1. The lowest BCUT2D eigenvalue weighted by atomic mass is 9.84. The molecule has 3 aliphatic heterocycles. The van der Waals surface area contributed by atoms with Crippen molar-refractivity contribution in [1.29, 1.82) is 0 Å². The normalized spacial score (nSPS) is 21.7. The Bertz CT molecular complexity index is 2200. The van der Waals surface area contributed by atoms with Crippen molar-refractivity contribution in [2.24, 2.45) is 11.3 Å².